The Labute approximate surface area is 190 Å². The molecule has 0 spiro atoms. The molecule has 0 radical (unpaired) electrons. The Kier molecular flexibility index (Phi) is 9.16. The zero-order valence-corrected chi connectivity index (χ0v) is 19.5. The second kappa shape index (κ2) is 11.3. The molecule has 29 heavy (non-hydrogen) atoms. The summed E-state index contributed by atoms with van der Waals surface area (Å²) in [5.41, 5.74) is 9.61. The van der Waals surface area contributed by atoms with E-state index in [2.05, 4.69) is 46.1 Å². The number of rotatable bonds is 6. The molecule has 158 valence electrons. The Morgan fingerprint density at radius 3 is 2.28 bits per heavy atom. The third-order valence-corrected chi connectivity index (χ3v) is 5.24. The van der Waals surface area contributed by atoms with Crippen LogP contribution in [0.3, 0.4) is 0 Å². The maximum absolute atomic E-state index is 14.6. The van der Waals surface area contributed by atoms with E-state index in [1.54, 1.807) is 6.07 Å². The lowest BCUT2D eigenvalue weighted by atomic mass is 10.1. The van der Waals surface area contributed by atoms with Crippen molar-refractivity contribution in [1.82, 2.24) is 4.90 Å². The smallest absolute Gasteiger partial charge is 0.193 e. The largest absolute Gasteiger partial charge is 0.370 e. The highest BCUT2D eigenvalue weighted by Gasteiger charge is 2.18. The second-order valence-corrected chi connectivity index (χ2v) is 7.08. The van der Waals surface area contributed by atoms with Crippen molar-refractivity contribution in [2.24, 2.45) is 10.7 Å². The first-order chi connectivity index (χ1) is 13.6. The number of hydrogen-bond acceptors (Lipinski definition) is 3. The lowest BCUT2D eigenvalue weighted by Crippen LogP contribution is -2.46. The van der Waals surface area contributed by atoms with Crippen LogP contribution in [-0.4, -0.2) is 43.6 Å². The van der Waals surface area contributed by atoms with Crippen LogP contribution in [-0.2, 0) is 13.0 Å². The fourth-order valence-corrected chi connectivity index (χ4v) is 3.40. The van der Waals surface area contributed by atoms with Crippen molar-refractivity contribution < 1.29 is 4.39 Å². The summed E-state index contributed by atoms with van der Waals surface area (Å²) in [6.45, 7) is 9.33. The van der Waals surface area contributed by atoms with Crippen LogP contribution in [0.15, 0.2) is 47.5 Å². The lowest BCUT2D eigenvalue weighted by Gasteiger charge is -2.35. The van der Waals surface area contributed by atoms with E-state index in [4.69, 9.17) is 5.73 Å². The first-order valence-electron chi connectivity index (χ1n) is 10.0. The first-order valence-corrected chi connectivity index (χ1v) is 10.0. The summed E-state index contributed by atoms with van der Waals surface area (Å²) in [7, 11) is 0. The van der Waals surface area contributed by atoms with Gasteiger partial charge in [0.25, 0.3) is 0 Å². The molecule has 1 fully saturated rings. The molecule has 0 aliphatic carbocycles. The van der Waals surface area contributed by atoms with Gasteiger partial charge in [-0.15, -0.1) is 24.0 Å². The zero-order valence-electron chi connectivity index (χ0n) is 17.2. The average molecular weight is 511 g/mol. The summed E-state index contributed by atoms with van der Waals surface area (Å²) in [6.07, 6.45) is 1.000. The molecule has 3 N–H and O–H groups in total. The molecule has 1 aliphatic heterocycles. The van der Waals surface area contributed by atoms with E-state index in [1.807, 2.05) is 24.3 Å². The molecule has 0 aromatic heterocycles. The monoisotopic (exact) mass is 511 g/mol. The first kappa shape index (κ1) is 23.4. The van der Waals surface area contributed by atoms with Crippen molar-refractivity contribution in [3.05, 3.63) is 59.4 Å². The van der Waals surface area contributed by atoms with Crippen LogP contribution in [0.4, 0.5) is 15.8 Å². The highest BCUT2D eigenvalue weighted by atomic mass is 127. The van der Waals surface area contributed by atoms with Crippen LogP contribution in [0.25, 0.3) is 0 Å². The predicted molar refractivity (Wildman–Crippen MR) is 131 cm³/mol. The van der Waals surface area contributed by atoms with Crippen LogP contribution in [0.1, 0.15) is 25.0 Å². The maximum Gasteiger partial charge on any atom is 0.193 e. The number of nitrogens with zero attached hydrogens (tertiary/aromatic N) is 3. The molecule has 0 saturated carbocycles. The minimum atomic E-state index is -0.195. The summed E-state index contributed by atoms with van der Waals surface area (Å²) in [6, 6.07) is 13.4. The molecule has 1 aliphatic rings. The number of anilines is 2. The number of guanidine groups is 1. The van der Waals surface area contributed by atoms with E-state index in [9.17, 15) is 4.39 Å². The summed E-state index contributed by atoms with van der Waals surface area (Å²) in [4.78, 5) is 8.83. The molecular weight excluding hydrogens is 480 g/mol. The van der Waals surface area contributed by atoms with E-state index in [1.165, 1.54) is 5.56 Å². The number of aryl methyl sites for hydroxylation is 1. The van der Waals surface area contributed by atoms with Gasteiger partial charge < -0.3 is 20.9 Å². The van der Waals surface area contributed by atoms with Crippen molar-refractivity contribution in [2.45, 2.75) is 26.8 Å². The topological polar surface area (TPSA) is 56.9 Å². The Morgan fingerprint density at radius 1 is 1.03 bits per heavy atom. The summed E-state index contributed by atoms with van der Waals surface area (Å²) in [5, 5.41) is 3.07. The fourth-order valence-electron chi connectivity index (χ4n) is 3.40. The molecule has 2 aromatic carbocycles. The maximum atomic E-state index is 14.6. The number of halogens is 2. The Bertz CT molecular complexity index is 801. The van der Waals surface area contributed by atoms with Crippen LogP contribution in [0.2, 0.25) is 0 Å². The molecule has 0 atom stereocenters. The van der Waals surface area contributed by atoms with E-state index in [-0.39, 0.29) is 29.8 Å². The molecule has 2 aromatic rings. The normalized spacial score (nSPS) is 15.1. The molecule has 3 rings (SSSR count). The summed E-state index contributed by atoms with van der Waals surface area (Å²) >= 11 is 0. The zero-order chi connectivity index (χ0) is 19.9. The van der Waals surface area contributed by atoms with Crippen LogP contribution < -0.4 is 16.0 Å². The van der Waals surface area contributed by atoms with Gasteiger partial charge in [-0.05, 0) is 48.4 Å². The number of aliphatic imine (C=N–C) groups is 1. The van der Waals surface area contributed by atoms with Gasteiger partial charge in [0.2, 0.25) is 0 Å². The van der Waals surface area contributed by atoms with Crippen molar-refractivity contribution in [3.63, 3.8) is 0 Å². The van der Waals surface area contributed by atoms with Crippen molar-refractivity contribution in [3.8, 4) is 0 Å². The average Bonchev–Trinajstić information content (AvgIpc) is 2.73. The van der Waals surface area contributed by atoms with E-state index >= 15 is 0 Å². The summed E-state index contributed by atoms with van der Waals surface area (Å²) in [5.74, 6) is 0.128. The number of hydrogen-bond donors (Lipinski definition) is 2. The van der Waals surface area contributed by atoms with Crippen molar-refractivity contribution in [2.75, 3.05) is 42.9 Å². The molecule has 5 nitrogen and oxygen atoms in total. The standard InChI is InChI=1S/C22H30FN5.HI/c1-3-17-5-8-19(9-6-17)26-22(24)25-16-18-7-10-21(20(23)15-18)28-13-11-27(4-2)12-14-28;/h5-10,15H,3-4,11-14,16H2,1-2H3,(H3,24,25,26);1H. The van der Waals surface area contributed by atoms with Gasteiger partial charge in [-0.25, -0.2) is 9.38 Å². The van der Waals surface area contributed by atoms with Crippen LogP contribution in [0.5, 0.6) is 0 Å². The van der Waals surface area contributed by atoms with Gasteiger partial charge in [-0.2, -0.15) is 0 Å². The van der Waals surface area contributed by atoms with Gasteiger partial charge in [0.15, 0.2) is 5.96 Å². The molecular formula is C22H31FIN5. The number of benzene rings is 2. The lowest BCUT2D eigenvalue weighted by molar-refractivity contribution is 0.270. The summed E-state index contributed by atoms with van der Waals surface area (Å²) < 4.78 is 14.6. The number of piperazine rings is 1. The van der Waals surface area contributed by atoms with E-state index in [0.717, 1.165) is 50.4 Å². The van der Waals surface area contributed by atoms with E-state index in [0.29, 0.717) is 18.2 Å². The Balaban J connectivity index is 0.00000300. The highest BCUT2D eigenvalue weighted by molar-refractivity contribution is 14.0. The van der Waals surface area contributed by atoms with Gasteiger partial charge in [0.1, 0.15) is 5.82 Å². The van der Waals surface area contributed by atoms with Crippen LogP contribution >= 0.6 is 24.0 Å². The second-order valence-electron chi connectivity index (χ2n) is 7.08. The van der Waals surface area contributed by atoms with Gasteiger partial charge in [0.05, 0.1) is 12.2 Å². The van der Waals surface area contributed by atoms with Crippen molar-refractivity contribution >= 4 is 41.3 Å². The quantitative estimate of drug-likeness (QED) is 0.349. The van der Waals surface area contributed by atoms with Crippen molar-refractivity contribution in [1.29, 1.82) is 0 Å². The molecule has 0 amide bonds. The SMILES string of the molecule is CCc1ccc(NC(N)=NCc2ccc(N3CCN(CC)CC3)c(F)c2)cc1.I. The number of nitrogens with two attached hydrogens (primary N) is 1. The van der Waals surface area contributed by atoms with Gasteiger partial charge >= 0.3 is 0 Å². The highest BCUT2D eigenvalue weighted by Crippen LogP contribution is 2.22. The molecule has 0 bridgehead atoms. The van der Waals surface area contributed by atoms with E-state index < -0.39 is 0 Å². The van der Waals surface area contributed by atoms with Gasteiger partial charge in [0, 0.05) is 31.9 Å². The number of nitrogens with one attached hydrogen (secondary N) is 1. The minimum absolute atomic E-state index is 0. The molecule has 7 heteroatoms. The van der Waals surface area contributed by atoms with Gasteiger partial charge in [-0.1, -0.05) is 32.0 Å². The molecule has 0 unspecified atom stereocenters. The van der Waals surface area contributed by atoms with Crippen LogP contribution in [0, 0.1) is 5.82 Å². The minimum Gasteiger partial charge on any atom is -0.370 e. The third-order valence-electron chi connectivity index (χ3n) is 5.24. The van der Waals surface area contributed by atoms with Gasteiger partial charge in [-0.3, -0.25) is 0 Å². The fraction of sp³-hybridized carbons (Fsp3) is 0.409. The molecule has 1 heterocycles. The number of likely N-dealkylation sites (N-methyl/N-ethyl adjacent to an activating group) is 1. The Morgan fingerprint density at radius 2 is 1.69 bits per heavy atom. The molecule has 1 saturated heterocycles. The third kappa shape index (κ3) is 6.57. The Hall–Kier alpha value is -1.87. The predicted octanol–water partition coefficient (Wildman–Crippen LogP) is 4.07.